The van der Waals surface area contributed by atoms with Gasteiger partial charge in [-0.1, -0.05) is 18.2 Å². The van der Waals surface area contributed by atoms with E-state index in [0.717, 1.165) is 12.1 Å². The van der Waals surface area contributed by atoms with E-state index in [1.807, 2.05) is 0 Å². The smallest absolute Gasteiger partial charge is 0.416 e. The van der Waals surface area contributed by atoms with Crippen molar-refractivity contribution >= 4 is 49.6 Å². The van der Waals surface area contributed by atoms with Gasteiger partial charge in [0.1, 0.15) is 4.90 Å². The molecule has 1 saturated carbocycles. The number of carboxylic acids is 1. The fraction of sp³-hybridized carbons (Fsp3) is 0.188. The molecule has 2 aromatic heterocycles. The fourth-order valence-electron chi connectivity index (χ4n) is 4.95. The maximum absolute atomic E-state index is 13.5. The predicted octanol–water partition coefficient (Wildman–Crippen LogP) is 6.35. The van der Waals surface area contributed by atoms with E-state index in [0.29, 0.717) is 34.9 Å². The molecular weight excluding hydrogens is 653 g/mol. The standard InChI is InChI=1S/C32H27F3N6O6S/c1-46-29-24(15-37-31(40-29)47-2)17-6-10-22-26(12-17)36-16-27(48(44,45)41-19-7-8-19)28(22)39-25-11-9-21(14-23(25)30(42)43)38-20-5-3-4-18(13-20)32(33,34)35/h3-6,9-16,19,38,41H,7-8H2,1-2H3,(H,36,39)(H,42,43). The van der Waals surface area contributed by atoms with Crippen LogP contribution in [0, 0.1) is 0 Å². The summed E-state index contributed by atoms with van der Waals surface area (Å²) in [6.07, 6.45) is -0.502. The van der Waals surface area contributed by atoms with Crippen molar-refractivity contribution in [2.45, 2.75) is 30.0 Å². The Balaban J connectivity index is 1.42. The van der Waals surface area contributed by atoms with Crippen LogP contribution in [-0.2, 0) is 16.2 Å². The highest BCUT2D eigenvalue weighted by Crippen LogP contribution is 2.38. The number of alkyl halides is 3. The highest BCUT2D eigenvalue weighted by Gasteiger charge is 2.32. The van der Waals surface area contributed by atoms with Gasteiger partial charge in [-0.15, -0.1) is 0 Å². The topological polar surface area (TPSA) is 165 Å². The molecule has 0 atom stereocenters. The van der Waals surface area contributed by atoms with Crippen LogP contribution in [-0.4, -0.2) is 54.7 Å². The Morgan fingerprint density at radius 3 is 2.40 bits per heavy atom. The van der Waals surface area contributed by atoms with E-state index in [9.17, 15) is 31.5 Å². The molecule has 0 bridgehead atoms. The Kier molecular flexibility index (Phi) is 8.53. The van der Waals surface area contributed by atoms with Crippen LogP contribution in [0.25, 0.3) is 22.0 Å². The van der Waals surface area contributed by atoms with Crippen LogP contribution in [0.15, 0.2) is 78.0 Å². The van der Waals surface area contributed by atoms with Crippen LogP contribution in [0.1, 0.15) is 28.8 Å². The number of nitrogens with zero attached hydrogens (tertiary/aromatic N) is 3. The minimum atomic E-state index is -4.56. The Bertz CT molecular complexity index is 2160. The molecule has 12 nitrogen and oxygen atoms in total. The number of halogens is 3. The van der Waals surface area contributed by atoms with Gasteiger partial charge in [-0.25, -0.2) is 22.9 Å². The van der Waals surface area contributed by atoms with E-state index < -0.39 is 27.7 Å². The first-order chi connectivity index (χ1) is 22.9. The molecule has 0 radical (unpaired) electrons. The van der Waals surface area contributed by atoms with Gasteiger partial charge in [-0.05, 0) is 60.9 Å². The summed E-state index contributed by atoms with van der Waals surface area (Å²) < 4.78 is 79.8. The summed E-state index contributed by atoms with van der Waals surface area (Å²) in [6, 6.07) is 13.4. The molecule has 3 aromatic carbocycles. The number of anilines is 4. The van der Waals surface area contributed by atoms with Gasteiger partial charge < -0.3 is 25.2 Å². The largest absolute Gasteiger partial charge is 0.480 e. The minimum absolute atomic E-state index is 0.0294. The first kappa shape index (κ1) is 32.5. The quantitative estimate of drug-likeness (QED) is 0.123. The van der Waals surface area contributed by atoms with Crippen LogP contribution < -0.4 is 24.8 Å². The second-order valence-corrected chi connectivity index (χ2v) is 12.5. The zero-order valence-corrected chi connectivity index (χ0v) is 26.1. The van der Waals surface area contributed by atoms with Crippen molar-refractivity contribution in [1.82, 2.24) is 19.7 Å². The maximum atomic E-state index is 13.5. The summed E-state index contributed by atoms with van der Waals surface area (Å²) in [5, 5.41) is 16.3. The molecule has 0 saturated heterocycles. The van der Waals surface area contributed by atoms with Crippen molar-refractivity contribution in [3.05, 3.63) is 84.2 Å². The van der Waals surface area contributed by atoms with Gasteiger partial charge in [0.15, 0.2) is 0 Å². The lowest BCUT2D eigenvalue weighted by Crippen LogP contribution is -2.26. The molecule has 4 N–H and O–H groups in total. The number of benzene rings is 3. The van der Waals surface area contributed by atoms with Crippen molar-refractivity contribution in [3.8, 4) is 23.0 Å². The SMILES string of the molecule is COc1ncc(-c2ccc3c(Nc4ccc(Nc5cccc(C(F)(F)F)c5)cc4C(=O)O)c(S(=O)(=O)NC4CC4)cnc3c2)c(OC)n1. The summed E-state index contributed by atoms with van der Waals surface area (Å²) in [5.41, 5.74) is 0.717. The van der Waals surface area contributed by atoms with Gasteiger partial charge in [0.2, 0.25) is 15.9 Å². The summed E-state index contributed by atoms with van der Waals surface area (Å²) in [7, 11) is -1.24. The van der Waals surface area contributed by atoms with Gasteiger partial charge >= 0.3 is 18.2 Å². The number of fused-ring (bicyclic) bond motifs is 1. The molecule has 248 valence electrons. The van der Waals surface area contributed by atoms with E-state index in [2.05, 4.69) is 30.3 Å². The van der Waals surface area contributed by atoms with E-state index in [1.54, 1.807) is 18.2 Å². The molecule has 48 heavy (non-hydrogen) atoms. The Morgan fingerprint density at radius 2 is 1.71 bits per heavy atom. The maximum Gasteiger partial charge on any atom is 0.416 e. The molecule has 5 aromatic rings. The van der Waals surface area contributed by atoms with Gasteiger partial charge in [0.25, 0.3) is 0 Å². The summed E-state index contributed by atoms with van der Waals surface area (Å²) in [5.74, 6) is -1.13. The number of carbonyl (C=O) groups is 1. The fourth-order valence-corrected chi connectivity index (χ4v) is 6.37. The number of pyridine rings is 1. The second kappa shape index (κ2) is 12.6. The highest BCUT2D eigenvalue weighted by molar-refractivity contribution is 7.89. The highest BCUT2D eigenvalue weighted by atomic mass is 32.2. The molecule has 6 rings (SSSR count). The first-order valence-corrected chi connectivity index (χ1v) is 15.8. The van der Waals surface area contributed by atoms with Crippen LogP contribution in [0.4, 0.5) is 35.9 Å². The molecular formula is C32H27F3N6O6S. The number of carboxylic acid groups (broad SMARTS) is 1. The van der Waals surface area contributed by atoms with Gasteiger partial charge in [0, 0.05) is 35.2 Å². The summed E-state index contributed by atoms with van der Waals surface area (Å²) >= 11 is 0. The molecule has 1 aliphatic rings. The number of hydrogen-bond donors (Lipinski definition) is 4. The number of aromatic carboxylic acids is 1. The van der Waals surface area contributed by atoms with Crippen molar-refractivity contribution in [2.75, 3.05) is 24.9 Å². The number of sulfonamides is 1. The molecule has 0 amide bonds. The third-order valence-electron chi connectivity index (χ3n) is 7.43. The minimum Gasteiger partial charge on any atom is -0.480 e. The molecule has 0 spiro atoms. The molecule has 0 unspecified atom stereocenters. The first-order valence-electron chi connectivity index (χ1n) is 14.4. The van der Waals surface area contributed by atoms with Crippen molar-refractivity contribution in [3.63, 3.8) is 0 Å². The molecule has 1 aliphatic carbocycles. The van der Waals surface area contributed by atoms with E-state index >= 15 is 0 Å². The number of methoxy groups -OCH3 is 2. The molecule has 1 fully saturated rings. The number of rotatable bonds is 11. The summed E-state index contributed by atoms with van der Waals surface area (Å²) in [4.78, 5) is 25.0. The zero-order valence-electron chi connectivity index (χ0n) is 25.3. The lowest BCUT2D eigenvalue weighted by Gasteiger charge is -2.18. The second-order valence-electron chi connectivity index (χ2n) is 10.8. The van der Waals surface area contributed by atoms with Crippen LogP contribution in [0.3, 0.4) is 0 Å². The lowest BCUT2D eigenvalue weighted by atomic mass is 10.0. The molecule has 2 heterocycles. The average molecular weight is 681 g/mol. The monoisotopic (exact) mass is 680 g/mol. The van der Waals surface area contributed by atoms with Crippen LogP contribution in [0.5, 0.6) is 11.9 Å². The third-order valence-corrected chi connectivity index (χ3v) is 8.96. The predicted molar refractivity (Wildman–Crippen MR) is 171 cm³/mol. The van der Waals surface area contributed by atoms with Crippen LogP contribution >= 0.6 is 0 Å². The summed E-state index contributed by atoms with van der Waals surface area (Å²) in [6.45, 7) is 0. The third kappa shape index (κ3) is 6.79. The van der Waals surface area contributed by atoms with Gasteiger partial charge in [-0.2, -0.15) is 18.2 Å². The lowest BCUT2D eigenvalue weighted by molar-refractivity contribution is -0.137. The van der Waals surface area contributed by atoms with E-state index in [4.69, 9.17) is 9.47 Å². The Labute approximate surface area is 272 Å². The van der Waals surface area contributed by atoms with Crippen molar-refractivity contribution in [2.24, 2.45) is 0 Å². The normalized spacial score (nSPS) is 13.3. The van der Waals surface area contributed by atoms with Crippen molar-refractivity contribution in [1.29, 1.82) is 0 Å². The van der Waals surface area contributed by atoms with E-state index in [1.165, 1.54) is 56.9 Å². The van der Waals surface area contributed by atoms with Gasteiger partial charge in [0.05, 0.1) is 47.8 Å². The Morgan fingerprint density at radius 1 is 0.938 bits per heavy atom. The molecule has 16 heteroatoms. The van der Waals surface area contributed by atoms with Crippen LogP contribution in [0.2, 0.25) is 0 Å². The van der Waals surface area contributed by atoms with Gasteiger partial charge in [-0.3, -0.25) is 4.98 Å². The van der Waals surface area contributed by atoms with Crippen molar-refractivity contribution < 1.29 is 41.0 Å². The average Bonchev–Trinajstić information content (AvgIpc) is 3.87. The number of hydrogen-bond acceptors (Lipinski definition) is 10. The zero-order chi connectivity index (χ0) is 34.2. The number of nitrogens with one attached hydrogen (secondary N) is 3. The Hall–Kier alpha value is -5.48. The number of aromatic nitrogens is 3. The molecule has 0 aliphatic heterocycles. The van der Waals surface area contributed by atoms with E-state index in [-0.39, 0.29) is 51.1 Å². The number of ether oxygens (including phenoxy) is 2.